The first kappa shape index (κ1) is 14.7. The Morgan fingerprint density at radius 3 is 2.68 bits per heavy atom. The Morgan fingerprint density at radius 2 is 2.05 bits per heavy atom. The quantitative estimate of drug-likeness (QED) is 0.642. The second-order valence-corrected chi connectivity index (χ2v) is 6.05. The van der Waals surface area contributed by atoms with Crippen molar-refractivity contribution >= 4 is 17.6 Å². The number of hydrogen-bond donors (Lipinski definition) is 0. The van der Waals surface area contributed by atoms with Gasteiger partial charge in [0.25, 0.3) is 0 Å². The zero-order valence-corrected chi connectivity index (χ0v) is 13.2. The fraction of sp³-hybridized carbons (Fsp3) is 0.235. The number of unbranched alkanes of at least 4 members (excludes halogenated alkanes) is 1. The molecule has 0 N–H and O–H groups in total. The van der Waals surface area contributed by atoms with Crippen molar-refractivity contribution in [3.05, 3.63) is 53.0 Å². The van der Waals surface area contributed by atoms with Gasteiger partial charge in [0.15, 0.2) is 12.0 Å². The summed E-state index contributed by atoms with van der Waals surface area (Å²) >= 11 is 1.57. The van der Waals surface area contributed by atoms with Crippen LogP contribution in [-0.4, -0.2) is 21.3 Å². The smallest absolute Gasteiger partial charge is 0.172 e. The van der Waals surface area contributed by atoms with Crippen LogP contribution in [-0.2, 0) is 6.42 Å². The molecule has 5 heteroatoms. The Balaban J connectivity index is 1.98. The highest BCUT2D eigenvalue weighted by atomic mass is 32.1. The summed E-state index contributed by atoms with van der Waals surface area (Å²) in [5.41, 5.74) is 3.37. The summed E-state index contributed by atoms with van der Waals surface area (Å²) in [5, 5.41) is 10.1. The van der Waals surface area contributed by atoms with Crippen LogP contribution >= 0.6 is 11.3 Å². The average molecular weight is 311 g/mol. The molecule has 0 aliphatic rings. The molecule has 0 aliphatic heterocycles. The maximum absolute atomic E-state index is 11.2. The molecule has 0 fully saturated rings. The molecule has 4 nitrogen and oxygen atoms in total. The van der Waals surface area contributed by atoms with E-state index in [9.17, 15) is 4.79 Å². The lowest BCUT2D eigenvalue weighted by molar-refractivity contribution is 0.111. The Bertz CT molecular complexity index is 745. The summed E-state index contributed by atoms with van der Waals surface area (Å²) in [6.07, 6.45) is 4.23. The summed E-state index contributed by atoms with van der Waals surface area (Å²) in [6, 6.07) is 12.2. The number of thiophene rings is 1. The second kappa shape index (κ2) is 6.66. The highest BCUT2D eigenvalue weighted by Crippen LogP contribution is 2.28. The number of carbonyl (C=O) groups is 1. The Labute approximate surface area is 133 Å². The van der Waals surface area contributed by atoms with E-state index in [1.165, 1.54) is 18.4 Å². The van der Waals surface area contributed by atoms with E-state index in [1.807, 2.05) is 29.6 Å². The molecule has 0 saturated heterocycles. The van der Waals surface area contributed by atoms with Crippen LogP contribution in [0.4, 0.5) is 0 Å². The Morgan fingerprint density at radius 1 is 1.23 bits per heavy atom. The van der Waals surface area contributed by atoms with Crippen molar-refractivity contribution in [2.45, 2.75) is 26.2 Å². The van der Waals surface area contributed by atoms with Gasteiger partial charge in [-0.25, -0.2) is 4.68 Å². The minimum Gasteiger partial charge on any atom is -0.296 e. The number of rotatable bonds is 6. The number of aryl methyl sites for hydroxylation is 1. The molecule has 3 aromatic rings. The lowest BCUT2D eigenvalue weighted by Crippen LogP contribution is -1.99. The van der Waals surface area contributed by atoms with Crippen LogP contribution in [0.15, 0.2) is 41.8 Å². The molecular formula is C17H17N3OS. The van der Waals surface area contributed by atoms with Crippen molar-refractivity contribution < 1.29 is 4.79 Å². The number of aldehydes is 1. The molecule has 0 saturated carbocycles. The van der Waals surface area contributed by atoms with Gasteiger partial charge in [0.1, 0.15) is 5.69 Å². The predicted octanol–water partition coefficient (Wildman–Crippen LogP) is 4.15. The summed E-state index contributed by atoms with van der Waals surface area (Å²) in [4.78, 5) is 12.2. The maximum atomic E-state index is 11.2. The summed E-state index contributed by atoms with van der Waals surface area (Å²) in [7, 11) is 0. The first-order chi connectivity index (χ1) is 10.8. The van der Waals surface area contributed by atoms with E-state index in [1.54, 1.807) is 16.0 Å². The lowest BCUT2D eigenvalue weighted by atomic mass is 10.1. The summed E-state index contributed by atoms with van der Waals surface area (Å²) in [5.74, 6) is 0. The second-order valence-electron chi connectivity index (χ2n) is 5.10. The molecule has 0 aliphatic carbocycles. The highest BCUT2D eigenvalue weighted by molar-refractivity contribution is 7.13. The lowest BCUT2D eigenvalue weighted by Gasteiger charge is -2.06. The molecule has 3 rings (SSSR count). The van der Waals surface area contributed by atoms with Gasteiger partial charge in [-0.1, -0.05) is 36.8 Å². The van der Waals surface area contributed by atoms with Gasteiger partial charge in [0, 0.05) is 0 Å². The fourth-order valence-corrected chi connectivity index (χ4v) is 3.15. The molecule has 22 heavy (non-hydrogen) atoms. The molecule has 0 amide bonds. The third-order valence-corrected chi connectivity index (χ3v) is 4.44. The van der Waals surface area contributed by atoms with Crippen LogP contribution in [0.5, 0.6) is 0 Å². The average Bonchev–Trinajstić information content (AvgIpc) is 3.21. The van der Waals surface area contributed by atoms with E-state index in [-0.39, 0.29) is 0 Å². The van der Waals surface area contributed by atoms with Crippen LogP contribution in [0.3, 0.4) is 0 Å². The third-order valence-electron chi connectivity index (χ3n) is 3.56. The predicted molar refractivity (Wildman–Crippen MR) is 88.7 cm³/mol. The van der Waals surface area contributed by atoms with Crippen LogP contribution < -0.4 is 0 Å². The van der Waals surface area contributed by atoms with Crippen molar-refractivity contribution in [1.82, 2.24) is 15.0 Å². The molecule has 2 heterocycles. The highest BCUT2D eigenvalue weighted by Gasteiger charge is 2.16. The molecular weight excluding hydrogens is 294 g/mol. The maximum Gasteiger partial charge on any atom is 0.172 e. The van der Waals surface area contributed by atoms with Crippen LogP contribution in [0.2, 0.25) is 0 Å². The van der Waals surface area contributed by atoms with Gasteiger partial charge in [0.2, 0.25) is 0 Å². The van der Waals surface area contributed by atoms with Gasteiger partial charge < -0.3 is 0 Å². The Kier molecular flexibility index (Phi) is 4.44. The molecule has 0 unspecified atom stereocenters. The molecule has 1 aromatic carbocycles. The van der Waals surface area contributed by atoms with E-state index in [0.29, 0.717) is 5.69 Å². The van der Waals surface area contributed by atoms with E-state index in [0.717, 1.165) is 29.0 Å². The largest absolute Gasteiger partial charge is 0.296 e. The van der Waals surface area contributed by atoms with Gasteiger partial charge in [-0.2, -0.15) is 0 Å². The van der Waals surface area contributed by atoms with E-state index in [4.69, 9.17) is 0 Å². The van der Waals surface area contributed by atoms with Crippen LogP contribution in [0.1, 0.15) is 35.8 Å². The van der Waals surface area contributed by atoms with Crippen molar-refractivity contribution in [1.29, 1.82) is 0 Å². The fourth-order valence-electron chi connectivity index (χ4n) is 2.38. The standard InChI is InChI=1S/C17H17N3OS/c1-2-3-5-13-7-9-14(10-8-13)20-17(15(12-21)18-19-20)16-6-4-11-22-16/h4,6-12H,2-3,5H2,1H3. The number of aromatic nitrogens is 3. The SMILES string of the molecule is CCCCc1ccc(-n2nnc(C=O)c2-c2cccs2)cc1. The van der Waals surface area contributed by atoms with Gasteiger partial charge >= 0.3 is 0 Å². The molecule has 0 spiro atoms. The molecule has 2 aromatic heterocycles. The topological polar surface area (TPSA) is 47.8 Å². The molecule has 0 atom stereocenters. The van der Waals surface area contributed by atoms with Gasteiger partial charge in [-0.3, -0.25) is 4.79 Å². The van der Waals surface area contributed by atoms with Crippen molar-refractivity contribution in [3.8, 4) is 16.3 Å². The first-order valence-corrected chi connectivity index (χ1v) is 8.25. The minimum absolute atomic E-state index is 0.373. The first-order valence-electron chi connectivity index (χ1n) is 7.37. The molecule has 0 bridgehead atoms. The zero-order valence-electron chi connectivity index (χ0n) is 12.4. The van der Waals surface area contributed by atoms with Gasteiger partial charge in [0.05, 0.1) is 10.6 Å². The van der Waals surface area contributed by atoms with Gasteiger partial charge in [-0.15, -0.1) is 16.4 Å². The van der Waals surface area contributed by atoms with Crippen molar-refractivity contribution in [2.24, 2.45) is 0 Å². The Hall–Kier alpha value is -2.27. The monoisotopic (exact) mass is 311 g/mol. The number of nitrogens with zero attached hydrogens (tertiary/aromatic N) is 3. The van der Waals surface area contributed by atoms with E-state index >= 15 is 0 Å². The number of benzene rings is 1. The minimum atomic E-state index is 0.373. The van der Waals surface area contributed by atoms with Crippen LogP contribution in [0.25, 0.3) is 16.3 Å². The van der Waals surface area contributed by atoms with Crippen molar-refractivity contribution in [2.75, 3.05) is 0 Å². The number of hydrogen-bond acceptors (Lipinski definition) is 4. The summed E-state index contributed by atoms with van der Waals surface area (Å²) < 4.78 is 1.74. The molecule has 112 valence electrons. The summed E-state index contributed by atoms with van der Waals surface area (Å²) in [6.45, 7) is 2.19. The zero-order chi connectivity index (χ0) is 15.4. The van der Waals surface area contributed by atoms with Crippen molar-refractivity contribution in [3.63, 3.8) is 0 Å². The van der Waals surface area contributed by atoms with E-state index in [2.05, 4.69) is 29.4 Å². The normalized spacial score (nSPS) is 10.8. The third kappa shape index (κ3) is 2.85. The van der Waals surface area contributed by atoms with Gasteiger partial charge in [-0.05, 0) is 42.0 Å². The number of carbonyl (C=O) groups excluding carboxylic acids is 1. The molecule has 0 radical (unpaired) electrons. The van der Waals surface area contributed by atoms with Crippen LogP contribution in [0, 0.1) is 0 Å². The van der Waals surface area contributed by atoms with E-state index < -0.39 is 0 Å².